The van der Waals surface area contributed by atoms with Gasteiger partial charge < -0.3 is 10.3 Å². The van der Waals surface area contributed by atoms with Gasteiger partial charge in [-0.25, -0.2) is 9.97 Å². The Morgan fingerprint density at radius 1 is 1.46 bits per heavy atom. The zero-order chi connectivity index (χ0) is 8.67. The molecule has 0 atom stereocenters. The van der Waals surface area contributed by atoms with Crippen molar-refractivity contribution in [1.82, 2.24) is 20.3 Å². The predicted molar refractivity (Wildman–Crippen MR) is 48.1 cm³/mol. The number of nitrogens with zero attached hydrogens (tertiary/aromatic N) is 2. The van der Waals surface area contributed by atoms with Gasteiger partial charge in [-0.3, -0.25) is 0 Å². The van der Waals surface area contributed by atoms with Crippen LogP contribution in [0.15, 0.2) is 6.20 Å². The highest BCUT2D eigenvalue weighted by molar-refractivity contribution is 5.76. The maximum Gasteiger partial charge on any atom is 0.156 e. The van der Waals surface area contributed by atoms with Crippen molar-refractivity contribution in [3.05, 3.63) is 23.7 Å². The smallest absolute Gasteiger partial charge is 0.156 e. The molecule has 4 heteroatoms. The Morgan fingerprint density at radius 2 is 2.46 bits per heavy atom. The molecule has 2 aromatic heterocycles. The molecular formula is C9H9N4. The van der Waals surface area contributed by atoms with E-state index < -0.39 is 0 Å². The van der Waals surface area contributed by atoms with Crippen molar-refractivity contribution in [2.45, 2.75) is 13.0 Å². The van der Waals surface area contributed by atoms with Crippen molar-refractivity contribution < 1.29 is 0 Å². The average molecular weight is 173 g/mol. The van der Waals surface area contributed by atoms with Crippen LogP contribution in [0.2, 0.25) is 0 Å². The summed E-state index contributed by atoms with van der Waals surface area (Å²) in [6, 6.07) is 0. The lowest BCUT2D eigenvalue weighted by molar-refractivity contribution is 0.640. The first-order valence-corrected chi connectivity index (χ1v) is 4.38. The first-order chi connectivity index (χ1) is 6.45. The molecule has 0 fully saturated rings. The van der Waals surface area contributed by atoms with Crippen LogP contribution in [0.5, 0.6) is 0 Å². The molecule has 0 saturated heterocycles. The molecule has 4 nitrogen and oxygen atoms in total. The number of nitrogens with one attached hydrogen (secondary N) is 2. The molecule has 1 aliphatic heterocycles. The molecule has 2 aromatic rings. The number of aromatic amines is 1. The van der Waals surface area contributed by atoms with E-state index in [1.807, 2.05) is 0 Å². The van der Waals surface area contributed by atoms with E-state index in [2.05, 4.69) is 26.5 Å². The Kier molecular flexibility index (Phi) is 1.37. The minimum absolute atomic E-state index is 0.882. The average Bonchev–Trinajstić information content (AvgIpc) is 2.56. The number of fused-ring (bicyclic) bond motifs is 3. The number of H-pyrrole nitrogens is 1. The van der Waals surface area contributed by atoms with Crippen LogP contribution >= 0.6 is 0 Å². The Bertz CT molecular complexity index is 446. The predicted octanol–water partition coefficient (Wildman–Crippen LogP) is 0.404. The molecule has 0 unspecified atom stereocenters. The number of rotatable bonds is 0. The standard InChI is InChI=1S/C9H9N4/c1-2-10-5-6-7(1)13-9-8(6)11-3-4-12-9/h4,10H,1-2,5H2,(H,12,13). The van der Waals surface area contributed by atoms with Crippen LogP contribution < -0.4 is 5.32 Å². The second-order valence-corrected chi connectivity index (χ2v) is 3.21. The maximum absolute atomic E-state index is 4.20. The molecule has 0 bridgehead atoms. The van der Waals surface area contributed by atoms with Crippen LogP contribution in [-0.4, -0.2) is 21.5 Å². The van der Waals surface area contributed by atoms with Crippen molar-refractivity contribution >= 4 is 11.2 Å². The fourth-order valence-corrected chi connectivity index (χ4v) is 1.79. The monoisotopic (exact) mass is 173 g/mol. The van der Waals surface area contributed by atoms with Gasteiger partial charge in [0.2, 0.25) is 0 Å². The minimum atomic E-state index is 0.882. The highest BCUT2D eigenvalue weighted by Gasteiger charge is 2.15. The molecule has 3 heterocycles. The van der Waals surface area contributed by atoms with Gasteiger partial charge in [0.15, 0.2) is 5.65 Å². The first-order valence-electron chi connectivity index (χ1n) is 4.38. The van der Waals surface area contributed by atoms with Crippen molar-refractivity contribution in [1.29, 1.82) is 0 Å². The van der Waals surface area contributed by atoms with Crippen molar-refractivity contribution in [2.24, 2.45) is 0 Å². The molecule has 1 radical (unpaired) electrons. The minimum Gasteiger partial charge on any atom is -0.342 e. The molecule has 13 heavy (non-hydrogen) atoms. The van der Waals surface area contributed by atoms with Crippen LogP contribution in [0.25, 0.3) is 11.2 Å². The molecule has 65 valence electrons. The van der Waals surface area contributed by atoms with Crippen molar-refractivity contribution in [3.8, 4) is 0 Å². The van der Waals surface area contributed by atoms with E-state index in [-0.39, 0.29) is 0 Å². The van der Waals surface area contributed by atoms with Gasteiger partial charge in [-0.1, -0.05) is 0 Å². The lowest BCUT2D eigenvalue weighted by Gasteiger charge is -2.11. The number of hydrogen-bond donors (Lipinski definition) is 2. The lowest BCUT2D eigenvalue weighted by Crippen LogP contribution is -2.23. The van der Waals surface area contributed by atoms with Gasteiger partial charge in [-0.15, -0.1) is 0 Å². The van der Waals surface area contributed by atoms with E-state index in [4.69, 9.17) is 0 Å². The van der Waals surface area contributed by atoms with Gasteiger partial charge >= 0.3 is 0 Å². The SMILES string of the molecule is [c]1cnc2[nH]c3c(c2n1)CNCC3. The molecule has 0 amide bonds. The molecule has 0 spiro atoms. The molecule has 2 N–H and O–H groups in total. The van der Waals surface area contributed by atoms with Gasteiger partial charge in [-0.2, -0.15) is 0 Å². The summed E-state index contributed by atoms with van der Waals surface area (Å²) in [5, 5.41) is 3.32. The lowest BCUT2D eigenvalue weighted by atomic mass is 10.1. The van der Waals surface area contributed by atoms with Crippen LogP contribution in [0.4, 0.5) is 0 Å². The normalized spacial score (nSPS) is 16.0. The summed E-state index contributed by atoms with van der Waals surface area (Å²) in [5.41, 5.74) is 4.37. The second-order valence-electron chi connectivity index (χ2n) is 3.21. The number of hydrogen-bond acceptors (Lipinski definition) is 3. The summed E-state index contributed by atoms with van der Waals surface area (Å²) in [7, 11) is 0. The maximum atomic E-state index is 4.20. The Labute approximate surface area is 75.4 Å². The van der Waals surface area contributed by atoms with E-state index in [0.29, 0.717) is 0 Å². The fourth-order valence-electron chi connectivity index (χ4n) is 1.79. The van der Waals surface area contributed by atoms with Gasteiger partial charge in [0.05, 0.1) is 6.20 Å². The van der Waals surface area contributed by atoms with Crippen molar-refractivity contribution in [2.75, 3.05) is 6.54 Å². The third-order valence-corrected chi connectivity index (χ3v) is 2.43. The topological polar surface area (TPSA) is 53.6 Å². The summed E-state index contributed by atoms with van der Waals surface area (Å²) in [6.07, 6.45) is 5.39. The molecule has 1 aliphatic rings. The summed E-state index contributed by atoms with van der Waals surface area (Å²) in [6.45, 7) is 1.92. The van der Waals surface area contributed by atoms with Crippen molar-refractivity contribution in [3.63, 3.8) is 0 Å². The summed E-state index contributed by atoms with van der Waals surface area (Å²) < 4.78 is 0. The van der Waals surface area contributed by atoms with E-state index >= 15 is 0 Å². The number of aromatic nitrogens is 3. The zero-order valence-electron chi connectivity index (χ0n) is 7.09. The van der Waals surface area contributed by atoms with Crippen LogP contribution in [0, 0.1) is 6.20 Å². The highest BCUT2D eigenvalue weighted by Crippen LogP contribution is 2.20. The highest BCUT2D eigenvalue weighted by atomic mass is 15.0. The Hall–Kier alpha value is -1.42. The summed E-state index contributed by atoms with van der Waals surface area (Å²) in [5.74, 6) is 0. The molecule has 0 saturated carbocycles. The third kappa shape index (κ3) is 0.954. The summed E-state index contributed by atoms with van der Waals surface area (Å²) in [4.78, 5) is 11.7. The van der Waals surface area contributed by atoms with Crippen LogP contribution in [0.3, 0.4) is 0 Å². The zero-order valence-corrected chi connectivity index (χ0v) is 7.09. The molecule has 3 rings (SSSR count). The van der Waals surface area contributed by atoms with E-state index in [1.54, 1.807) is 6.20 Å². The fraction of sp³-hybridized carbons (Fsp3) is 0.333. The quantitative estimate of drug-likeness (QED) is 0.606. The second kappa shape index (κ2) is 2.53. The van der Waals surface area contributed by atoms with Gasteiger partial charge in [0, 0.05) is 30.8 Å². The Morgan fingerprint density at radius 3 is 3.46 bits per heavy atom. The van der Waals surface area contributed by atoms with E-state index in [1.165, 1.54) is 11.3 Å². The van der Waals surface area contributed by atoms with E-state index in [9.17, 15) is 0 Å². The molecule has 0 aliphatic carbocycles. The van der Waals surface area contributed by atoms with Gasteiger partial charge in [-0.05, 0) is 0 Å². The Balaban J connectivity index is 2.34. The van der Waals surface area contributed by atoms with Gasteiger partial charge in [0.25, 0.3) is 0 Å². The first kappa shape index (κ1) is 7.03. The van der Waals surface area contributed by atoms with Gasteiger partial charge in [0.1, 0.15) is 11.7 Å². The summed E-state index contributed by atoms with van der Waals surface area (Å²) >= 11 is 0. The third-order valence-electron chi connectivity index (χ3n) is 2.43. The van der Waals surface area contributed by atoms with Crippen LogP contribution in [0.1, 0.15) is 11.3 Å². The van der Waals surface area contributed by atoms with Crippen LogP contribution in [-0.2, 0) is 13.0 Å². The van der Waals surface area contributed by atoms with E-state index in [0.717, 1.165) is 30.7 Å². The molecular weight excluding hydrogens is 164 g/mol. The largest absolute Gasteiger partial charge is 0.342 e. The molecule has 0 aromatic carbocycles.